The van der Waals surface area contributed by atoms with Crippen LogP contribution >= 0.6 is 15.9 Å². The third kappa shape index (κ3) is 3.83. The summed E-state index contributed by atoms with van der Waals surface area (Å²) >= 11 is 3.35. The molecule has 0 saturated heterocycles. The number of anilines is 1. The Labute approximate surface area is 159 Å². The molecule has 0 atom stereocenters. The van der Waals surface area contributed by atoms with Crippen LogP contribution in [0.1, 0.15) is 10.4 Å². The third-order valence-corrected chi connectivity index (χ3v) is 4.13. The first-order valence-corrected chi connectivity index (χ1v) is 8.54. The second kappa shape index (κ2) is 7.97. The highest BCUT2D eigenvalue weighted by molar-refractivity contribution is 9.10. The van der Waals surface area contributed by atoms with Crippen LogP contribution < -0.4 is 14.8 Å². The van der Waals surface area contributed by atoms with Crippen molar-refractivity contribution in [3.63, 3.8) is 0 Å². The molecule has 0 bridgehead atoms. The van der Waals surface area contributed by atoms with E-state index in [4.69, 9.17) is 9.47 Å². The summed E-state index contributed by atoms with van der Waals surface area (Å²) in [5, 5.41) is 2.77. The lowest BCUT2D eigenvalue weighted by Crippen LogP contribution is -2.15. The average molecular weight is 414 g/mol. The number of carbonyl (C=O) groups is 1. The van der Waals surface area contributed by atoms with Gasteiger partial charge >= 0.3 is 0 Å². The van der Waals surface area contributed by atoms with Crippen LogP contribution in [0.15, 0.2) is 59.1 Å². The van der Waals surface area contributed by atoms with Gasteiger partial charge in [0.2, 0.25) is 11.8 Å². The van der Waals surface area contributed by atoms with Crippen molar-refractivity contribution >= 4 is 27.5 Å². The second-order valence-corrected chi connectivity index (χ2v) is 6.18. The summed E-state index contributed by atoms with van der Waals surface area (Å²) in [6.07, 6.45) is 0. The fourth-order valence-electron chi connectivity index (χ4n) is 2.33. The topological polar surface area (TPSA) is 73.3 Å². The average Bonchev–Trinajstić information content (AvgIpc) is 2.69. The number of carbonyl (C=O) groups excluding carboxylic acids is 1. The molecular weight excluding hydrogens is 398 g/mol. The van der Waals surface area contributed by atoms with Crippen molar-refractivity contribution in [2.24, 2.45) is 0 Å². The Balaban J connectivity index is 1.98. The van der Waals surface area contributed by atoms with Gasteiger partial charge in [-0.3, -0.25) is 4.79 Å². The van der Waals surface area contributed by atoms with E-state index in [1.54, 1.807) is 24.3 Å². The maximum absolute atomic E-state index is 12.5. The van der Waals surface area contributed by atoms with Crippen LogP contribution in [0.5, 0.6) is 11.8 Å². The highest BCUT2D eigenvalue weighted by Gasteiger charge is 2.20. The molecule has 3 rings (SSSR count). The van der Waals surface area contributed by atoms with Crippen LogP contribution in [0, 0.1) is 0 Å². The number of hydrogen-bond donors (Lipinski definition) is 1. The van der Waals surface area contributed by atoms with Crippen LogP contribution in [-0.4, -0.2) is 30.1 Å². The molecule has 3 aromatic rings. The molecule has 0 aliphatic carbocycles. The molecule has 1 aromatic heterocycles. The zero-order valence-electron chi connectivity index (χ0n) is 14.2. The van der Waals surface area contributed by atoms with Crippen molar-refractivity contribution in [1.82, 2.24) is 9.97 Å². The van der Waals surface area contributed by atoms with Gasteiger partial charge in [0, 0.05) is 15.6 Å². The maximum atomic E-state index is 12.5. The van der Waals surface area contributed by atoms with E-state index >= 15 is 0 Å². The molecule has 2 aromatic carbocycles. The lowest BCUT2D eigenvalue weighted by Gasteiger charge is -2.14. The van der Waals surface area contributed by atoms with Crippen LogP contribution in [0.4, 0.5) is 5.69 Å². The van der Waals surface area contributed by atoms with Gasteiger partial charge in [0.15, 0.2) is 11.5 Å². The third-order valence-electron chi connectivity index (χ3n) is 3.61. The Bertz CT molecular complexity index is 890. The smallest absolute Gasteiger partial charge is 0.255 e. The molecule has 1 heterocycles. The normalized spacial score (nSPS) is 10.3. The number of amides is 1. The first kappa shape index (κ1) is 17.9. The van der Waals surface area contributed by atoms with Gasteiger partial charge in [0.25, 0.3) is 5.91 Å². The highest BCUT2D eigenvalue weighted by atomic mass is 79.9. The molecule has 1 amide bonds. The van der Waals surface area contributed by atoms with Gasteiger partial charge < -0.3 is 14.8 Å². The Morgan fingerprint density at radius 1 is 0.923 bits per heavy atom. The lowest BCUT2D eigenvalue weighted by atomic mass is 10.2. The summed E-state index contributed by atoms with van der Waals surface area (Å²) in [6, 6.07) is 16.4. The molecule has 26 heavy (non-hydrogen) atoms. The molecule has 6 nitrogen and oxygen atoms in total. The quantitative estimate of drug-likeness (QED) is 0.678. The Morgan fingerprint density at radius 2 is 1.50 bits per heavy atom. The molecule has 0 aliphatic heterocycles. The standard InChI is InChI=1S/C19H16BrN3O3/c1-25-18-15(21-17(24)13-8-10-14(20)11-9-13)19(26-2)23-16(22-18)12-6-4-3-5-7-12/h3-11H,1-2H3,(H,21,24). The van der Waals surface area contributed by atoms with Crippen LogP contribution in [-0.2, 0) is 0 Å². The number of ether oxygens (including phenoxy) is 2. The van der Waals surface area contributed by atoms with Gasteiger partial charge in [-0.25, -0.2) is 0 Å². The predicted molar refractivity (Wildman–Crippen MR) is 103 cm³/mol. The van der Waals surface area contributed by atoms with Gasteiger partial charge in [-0.1, -0.05) is 46.3 Å². The molecule has 0 fully saturated rings. The largest absolute Gasteiger partial charge is 0.479 e. The van der Waals surface area contributed by atoms with Gasteiger partial charge in [0.1, 0.15) is 0 Å². The highest BCUT2D eigenvalue weighted by Crippen LogP contribution is 2.34. The van der Waals surface area contributed by atoms with Crippen molar-refractivity contribution < 1.29 is 14.3 Å². The zero-order valence-corrected chi connectivity index (χ0v) is 15.8. The van der Waals surface area contributed by atoms with Gasteiger partial charge in [-0.05, 0) is 24.3 Å². The summed E-state index contributed by atoms with van der Waals surface area (Å²) in [4.78, 5) is 21.3. The summed E-state index contributed by atoms with van der Waals surface area (Å²) in [7, 11) is 2.96. The van der Waals surface area contributed by atoms with E-state index < -0.39 is 0 Å². The second-order valence-electron chi connectivity index (χ2n) is 5.27. The van der Waals surface area contributed by atoms with E-state index in [-0.39, 0.29) is 23.4 Å². The van der Waals surface area contributed by atoms with Crippen LogP contribution in [0.25, 0.3) is 11.4 Å². The van der Waals surface area contributed by atoms with Gasteiger partial charge in [-0.2, -0.15) is 9.97 Å². The summed E-state index contributed by atoms with van der Waals surface area (Å²) < 4.78 is 11.6. The van der Waals surface area contributed by atoms with E-state index in [0.717, 1.165) is 10.0 Å². The minimum atomic E-state index is -0.315. The van der Waals surface area contributed by atoms with Crippen molar-refractivity contribution in [3.05, 3.63) is 64.6 Å². The number of rotatable bonds is 5. The molecule has 132 valence electrons. The first-order chi connectivity index (χ1) is 12.6. The lowest BCUT2D eigenvalue weighted by molar-refractivity contribution is 0.102. The summed E-state index contributed by atoms with van der Waals surface area (Å²) in [6.45, 7) is 0. The monoisotopic (exact) mass is 413 g/mol. The molecule has 0 radical (unpaired) electrons. The number of hydrogen-bond acceptors (Lipinski definition) is 5. The Kier molecular flexibility index (Phi) is 5.48. The number of halogens is 1. The van der Waals surface area contributed by atoms with E-state index in [9.17, 15) is 4.79 Å². The van der Waals surface area contributed by atoms with Crippen LogP contribution in [0.3, 0.4) is 0 Å². The number of nitrogens with zero attached hydrogens (tertiary/aromatic N) is 2. The number of benzene rings is 2. The van der Waals surface area contributed by atoms with Crippen LogP contribution in [0.2, 0.25) is 0 Å². The molecule has 0 aliphatic rings. The molecular formula is C19H16BrN3O3. The fourth-order valence-corrected chi connectivity index (χ4v) is 2.59. The summed E-state index contributed by atoms with van der Waals surface area (Å²) in [5.74, 6) is 0.577. The number of aromatic nitrogens is 2. The predicted octanol–water partition coefficient (Wildman–Crippen LogP) is 4.18. The van der Waals surface area contributed by atoms with Crippen molar-refractivity contribution in [2.75, 3.05) is 19.5 Å². The minimum absolute atomic E-state index is 0.223. The Morgan fingerprint density at radius 3 is 2.04 bits per heavy atom. The van der Waals surface area contributed by atoms with Crippen molar-refractivity contribution in [1.29, 1.82) is 0 Å². The van der Waals surface area contributed by atoms with E-state index in [1.165, 1.54) is 14.2 Å². The molecule has 1 N–H and O–H groups in total. The van der Waals surface area contributed by atoms with Crippen molar-refractivity contribution in [3.8, 4) is 23.1 Å². The zero-order chi connectivity index (χ0) is 18.5. The van der Waals surface area contributed by atoms with Gasteiger partial charge in [-0.15, -0.1) is 0 Å². The fraction of sp³-hybridized carbons (Fsp3) is 0.105. The maximum Gasteiger partial charge on any atom is 0.255 e. The van der Waals surface area contributed by atoms with Crippen molar-refractivity contribution in [2.45, 2.75) is 0 Å². The van der Waals surface area contributed by atoms with E-state index in [2.05, 4.69) is 31.2 Å². The molecule has 7 heteroatoms. The number of nitrogens with one attached hydrogen (secondary N) is 1. The minimum Gasteiger partial charge on any atom is -0.479 e. The van der Waals surface area contributed by atoms with E-state index in [1.807, 2.05) is 30.3 Å². The Hall–Kier alpha value is -2.93. The molecule has 0 saturated carbocycles. The molecule has 0 spiro atoms. The van der Waals surface area contributed by atoms with E-state index in [0.29, 0.717) is 11.4 Å². The molecule has 0 unspecified atom stereocenters. The van der Waals surface area contributed by atoms with Gasteiger partial charge in [0.05, 0.1) is 14.2 Å². The summed E-state index contributed by atoms with van der Waals surface area (Å²) in [5.41, 5.74) is 1.59. The SMILES string of the molecule is COc1nc(-c2ccccc2)nc(OC)c1NC(=O)c1ccc(Br)cc1. The first-order valence-electron chi connectivity index (χ1n) is 7.74. The number of methoxy groups -OCH3 is 2.